The molecule has 0 saturated heterocycles. The summed E-state index contributed by atoms with van der Waals surface area (Å²) in [6.45, 7) is 1.91. The van der Waals surface area contributed by atoms with Gasteiger partial charge in [-0.25, -0.2) is 9.78 Å². The number of rotatable bonds is 2. The molecule has 0 spiro atoms. The van der Waals surface area contributed by atoms with Crippen LogP contribution in [0.3, 0.4) is 0 Å². The number of hydrogen-bond donors (Lipinski definition) is 2. The number of anilines is 2. The van der Waals surface area contributed by atoms with Crippen molar-refractivity contribution in [1.29, 1.82) is 0 Å². The Bertz CT molecular complexity index is 900. The van der Waals surface area contributed by atoms with Crippen LogP contribution < -0.4 is 10.6 Å². The molecular formula is C18H18N4OS. The average molecular weight is 338 g/mol. The van der Waals surface area contributed by atoms with E-state index in [2.05, 4.69) is 27.6 Å². The first-order valence-corrected chi connectivity index (χ1v) is 8.73. The van der Waals surface area contributed by atoms with E-state index in [9.17, 15) is 4.79 Å². The maximum absolute atomic E-state index is 12.3. The van der Waals surface area contributed by atoms with E-state index >= 15 is 0 Å². The minimum Gasteiger partial charge on any atom is -0.307 e. The molecule has 0 bridgehead atoms. The molecule has 0 aliphatic carbocycles. The molecule has 3 aromatic rings. The number of nitrogens with zero attached hydrogens (tertiary/aromatic N) is 2. The van der Waals surface area contributed by atoms with Crippen LogP contribution in [0, 0.1) is 0 Å². The van der Waals surface area contributed by atoms with Crippen molar-refractivity contribution in [2.75, 3.05) is 24.2 Å². The fourth-order valence-electron chi connectivity index (χ4n) is 2.96. The van der Waals surface area contributed by atoms with Crippen LogP contribution in [0.1, 0.15) is 10.6 Å². The van der Waals surface area contributed by atoms with Crippen LogP contribution in [0.25, 0.3) is 10.8 Å². The highest BCUT2D eigenvalue weighted by Gasteiger charge is 2.19. The summed E-state index contributed by atoms with van der Waals surface area (Å²) in [7, 11) is 2.10. The van der Waals surface area contributed by atoms with E-state index in [0.717, 1.165) is 41.7 Å². The molecular weight excluding hydrogens is 320 g/mol. The maximum Gasteiger partial charge on any atom is 0.325 e. The molecule has 6 heteroatoms. The molecule has 2 aromatic carbocycles. The van der Waals surface area contributed by atoms with Gasteiger partial charge in [-0.2, -0.15) is 0 Å². The van der Waals surface area contributed by atoms with E-state index in [1.165, 1.54) is 4.88 Å². The molecule has 1 aliphatic rings. The maximum atomic E-state index is 12.3. The lowest BCUT2D eigenvalue weighted by atomic mass is 10.1. The van der Waals surface area contributed by atoms with Crippen molar-refractivity contribution in [1.82, 2.24) is 9.88 Å². The van der Waals surface area contributed by atoms with Crippen LogP contribution in [-0.4, -0.2) is 29.5 Å². The number of amides is 2. The number of nitrogens with one attached hydrogen (secondary N) is 2. The van der Waals surface area contributed by atoms with Gasteiger partial charge in [-0.05, 0) is 18.5 Å². The Morgan fingerprint density at radius 1 is 1.17 bits per heavy atom. The fraction of sp³-hybridized carbons (Fsp3) is 0.222. The zero-order valence-electron chi connectivity index (χ0n) is 13.4. The number of benzene rings is 2. The third kappa shape index (κ3) is 2.98. The Morgan fingerprint density at radius 2 is 2.00 bits per heavy atom. The van der Waals surface area contributed by atoms with Crippen molar-refractivity contribution in [2.24, 2.45) is 0 Å². The first kappa shape index (κ1) is 15.1. The third-order valence-corrected chi connectivity index (χ3v) is 5.18. The van der Waals surface area contributed by atoms with E-state index in [0.29, 0.717) is 5.13 Å². The molecule has 24 heavy (non-hydrogen) atoms. The normalized spacial score (nSPS) is 14.4. The molecule has 0 saturated carbocycles. The lowest BCUT2D eigenvalue weighted by Gasteiger charge is -2.20. The number of thiazole rings is 1. The van der Waals surface area contributed by atoms with Crippen LogP contribution in [0.15, 0.2) is 42.5 Å². The Balaban J connectivity index is 1.51. The molecule has 5 nitrogen and oxygen atoms in total. The van der Waals surface area contributed by atoms with Gasteiger partial charge in [0, 0.05) is 29.8 Å². The summed E-state index contributed by atoms with van der Waals surface area (Å²) in [6.07, 6.45) is 0.939. The first-order chi connectivity index (χ1) is 11.7. The zero-order chi connectivity index (χ0) is 16.5. The van der Waals surface area contributed by atoms with E-state index in [-0.39, 0.29) is 6.03 Å². The highest BCUT2D eigenvalue weighted by Crippen LogP contribution is 2.28. The smallest absolute Gasteiger partial charge is 0.307 e. The second kappa shape index (κ2) is 6.22. The van der Waals surface area contributed by atoms with Gasteiger partial charge < -0.3 is 10.2 Å². The minimum absolute atomic E-state index is 0.259. The molecule has 1 aromatic heterocycles. The molecule has 1 aliphatic heterocycles. The van der Waals surface area contributed by atoms with E-state index in [1.807, 2.05) is 42.5 Å². The topological polar surface area (TPSA) is 57.3 Å². The van der Waals surface area contributed by atoms with E-state index < -0.39 is 0 Å². The van der Waals surface area contributed by atoms with Gasteiger partial charge in [0.25, 0.3) is 0 Å². The Morgan fingerprint density at radius 3 is 2.92 bits per heavy atom. The summed E-state index contributed by atoms with van der Waals surface area (Å²) in [5.74, 6) is 0. The summed E-state index contributed by atoms with van der Waals surface area (Å²) in [6, 6.07) is 13.6. The zero-order valence-corrected chi connectivity index (χ0v) is 14.2. The van der Waals surface area contributed by atoms with Gasteiger partial charge in [-0.3, -0.25) is 5.32 Å². The van der Waals surface area contributed by atoms with Crippen LogP contribution in [-0.2, 0) is 13.0 Å². The van der Waals surface area contributed by atoms with Gasteiger partial charge in [0.15, 0.2) is 5.13 Å². The highest BCUT2D eigenvalue weighted by molar-refractivity contribution is 7.15. The Labute approximate surface area is 144 Å². The van der Waals surface area contributed by atoms with E-state index in [4.69, 9.17) is 0 Å². The largest absolute Gasteiger partial charge is 0.325 e. The van der Waals surface area contributed by atoms with Gasteiger partial charge in [0.1, 0.15) is 0 Å². The van der Waals surface area contributed by atoms with Crippen molar-refractivity contribution >= 4 is 39.0 Å². The van der Waals surface area contributed by atoms with Crippen LogP contribution in [0.4, 0.5) is 15.6 Å². The molecule has 0 radical (unpaired) electrons. The highest BCUT2D eigenvalue weighted by atomic mass is 32.1. The number of urea groups is 1. The number of aromatic nitrogens is 1. The summed E-state index contributed by atoms with van der Waals surface area (Å²) in [4.78, 5) is 20.4. The third-order valence-electron chi connectivity index (χ3n) is 4.18. The molecule has 2 N–H and O–H groups in total. The molecule has 2 amide bonds. The molecule has 122 valence electrons. The molecule has 4 rings (SSSR count). The lowest BCUT2D eigenvalue weighted by Crippen LogP contribution is -2.25. The van der Waals surface area contributed by atoms with Crippen molar-refractivity contribution < 1.29 is 4.79 Å². The summed E-state index contributed by atoms with van der Waals surface area (Å²) in [5.41, 5.74) is 1.91. The number of fused-ring (bicyclic) bond motifs is 2. The monoisotopic (exact) mass is 338 g/mol. The summed E-state index contributed by atoms with van der Waals surface area (Å²) in [5, 5.41) is 8.58. The quantitative estimate of drug-likeness (QED) is 0.744. The summed E-state index contributed by atoms with van der Waals surface area (Å²) < 4.78 is 0. The van der Waals surface area contributed by atoms with Crippen LogP contribution in [0.2, 0.25) is 0 Å². The fourth-order valence-corrected chi connectivity index (χ4v) is 4.05. The Hall–Kier alpha value is -2.44. The standard InChI is InChI=1S/C18H18N4OS/c1-22-10-9-15-16(11-22)24-18(20-15)21-17(23)19-14-8-4-6-12-5-2-3-7-13(12)14/h2-8H,9-11H2,1H3,(H2,19,20,21,23). The van der Waals surface area contributed by atoms with E-state index in [1.54, 1.807) is 11.3 Å². The molecule has 0 fully saturated rings. The summed E-state index contributed by atoms with van der Waals surface area (Å²) >= 11 is 1.56. The van der Waals surface area contributed by atoms with Crippen LogP contribution in [0.5, 0.6) is 0 Å². The van der Waals surface area contributed by atoms with Crippen molar-refractivity contribution in [3.63, 3.8) is 0 Å². The van der Waals surface area contributed by atoms with Gasteiger partial charge in [0.2, 0.25) is 0 Å². The number of carbonyl (C=O) groups is 1. The average Bonchev–Trinajstić information content (AvgIpc) is 2.96. The van der Waals surface area contributed by atoms with Crippen molar-refractivity contribution in [3.8, 4) is 0 Å². The first-order valence-electron chi connectivity index (χ1n) is 7.92. The second-order valence-corrected chi connectivity index (χ2v) is 7.07. The SMILES string of the molecule is CN1CCc2nc(NC(=O)Nc3cccc4ccccc34)sc2C1. The molecule has 0 unspecified atom stereocenters. The van der Waals surface area contributed by atoms with Crippen LogP contribution >= 0.6 is 11.3 Å². The van der Waals surface area contributed by atoms with Gasteiger partial charge >= 0.3 is 6.03 Å². The van der Waals surface area contributed by atoms with Gasteiger partial charge in [0.05, 0.1) is 11.4 Å². The molecule has 0 atom stereocenters. The number of hydrogen-bond acceptors (Lipinski definition) is 4. The number of carbonyl (C=O) groups excluding carboxylic acids is 1. The predicted octanol–water partition coefficient (Wildman–Crippen LogP) is 3.93. The Kier molecular flexibility index (Phi) is 3.92. The van der Waals surface area contributed by atoms with Gasteiger partial charge in [-0.15, -0.1) is 11.3 Å². The van der Waals surface area contributed by atoms with Crippen molar-refractivity contribution in [3.05, 3.63) is 53.0 Å². The minimum atomic E-state index is -0.259. The predicted molar refractivity (Wildman–Crippen MR) is 98.7 cm³/mol. The molecule has 2 heterocycles. The van der Waals surface area contributed by atoms with Gasteiger partial charge in [-0.1, -0.05) is 36.4 Å². The second-order valence-electron chi connectivity index (χ2n) is 5.98. The van der Waals surface area contributed by atoms with Crippen molar-refractivity contribution in [2.45, 2.75) is 13.0 Å². The number of likely N-dealkylation sites (N-methyl/N-ethyl adjacent to an activating group) is 1. The lowest BCUT2D eigenvalue weighted by molar-refractivity contribution is 0.262.